The van der Waals surface area contributed by atoms with Crippen molar-refractivity contribution in [3.8, 4) is 0 Å². The second-order valence-corrected chi connectivity index (χ2v) is 8.49. The topological polar surface area (TPSA) is 83.5 Å². The average molecular weight is 421 g/mol. The Bertz CT molecular complexity index is 718. The molecule has 0 bridgehead atoms. The highest BCUT2D eigenvalue weighted by Gasteiger charge is 2.55. The molecule has 8 nitrogen and oxygen atoms in total. The predicted octanol–water partition coefficient (Wildman–Crippen LogP) is 2.89. The Morgan fingerprint density at radius 2 is 1.90 bits per heavy atom. The zero-order valence-corrected chi connectivity index (χ0v) is 18.0. The van der Waals surface area contributed by atoms with Crippen molar-refractivity contribution >= 4 is 12.1 Å². The molecule has 1 aromatic rings. The van der Waals surface area contributed by atoms with Gasteiger partial charge in [0.05, 0.1) is 20.3 Å². The van der Waals surface area contributed by atoms with Gasteiger partial charge in [-0.15, -0.1) is 0 Å². The first kappa shape index (κ1) is 22.5. The number of methoxy groups -OCH3 is 1. The molecular formula is C22H31NO7. The van der Waals surface area contributed by atoms with E-state index in [-0.39, 0.29) is 6.54 Å². The van der Waals surface area contributed by atoms with Crippen molar-refractivity contribution in [1.29, 1.82) is 0 Å². The third kappa shape index (κ3) is 5.71. The Labute approximate surface area is 177 Å². The van der Waals surface area contributed by atoms with Gasteiger partial charge in [0.2, 0.25) is 0 Å². The van der Waals surface area contributed by atoms with Crippen LogP contribution >= 0.6 is 0 Å². The molecular weight excluding hydrogens is 390 g/mol. The lowest BCUT2D eigenvalue weighted by molar-refractivity contribution is -0.152. The number of carbonyl (C=O) groups excluding carboxylic acids is 2. The molecule has 1 aromatic carbocycles. The van der Waals surface area contributed by atoms with Crippen molar-refractivity contribution in [3.05, 3.63) is 35.9 Å². The van der Waals surface area contributed by atoms with E-state index < -0.39 is 42.2 Å². The van der Waals surface area contributed by atoms with Gasteiger partial charge in [0.1, 0.15) is 17.8 Å². The molecule has 2 heterocycles. The van der Waals surface area contributed by atoms with E-state index in [1.54, 1.807) is 20.8 Å². The zero-order chi connectivity index (χ0) is 21.7. The van der Waals surface area contributed by atoms with Gasteiger partial charge in [0, 0.05) is 13.0 Å². The zero-order valence-electron chi connectivity index (χ0n) is 18.0. The number of hydrogen-bond donors (Lipinski definition) is 0. The summed E-state index contributed by atoms with van der Waals surface area (Å²) in [5, 5.41) is 0. The molecule has 166 valence electrons. The number of benzene rings is 1. The molecule has 3 rings (SSSR count). The van der Waals surface area contributed by atoms with E-state index >= 15 is 0 Å². The van der Waals surface area contributed by atoms with E-state index in [0.717, 1.165) is 12.0 Å². The third-order valence-electron chi connectivity index (χ3n) is 4.94. The van der Waals surface area contributed by atoms with Crippen LogP contribution in [0, 0.1) is 0 Å². The molecule has 0 saturated carbocycles. The lowest BCUT2D eigenvalue weighted by Gasteiger charge is -2.29. The molecule has 0 radical (unpaired) electrons. The van der Waals surface area contributed by atoms with E-state index in [9.17, 15) is 9.59 Å². The van der Waals surface area contributed by atoms with Crippen molar-refractivity contribution in [2.75, 3.05) is 20.3 Å². The van der Waals surface area contributed by atoms with Gasteiger partial charge in [0.15, 0.2) is 12.3 Å². The van der Waals surface area contributed by atoms with E-state index in [1.807, 2.05) is 30.3 Å². The standard InChI is InChI=1S/C22H31NO7/c1-22(2,3)30-21(25)23-13-16-19(18(23)20(24)26-4)29-17(28-16)11-8-12-27-14-15-9-6-5-7-10-15/h5-7,9-10,16-19H,8,11-14H2,1-4H3/t16-,17?,18-,19-/m0/s1. The summed E-state index contributed by atoms with van der Waals surface area (Å²) < 4.78 is 27.9. The number of ether oxygens (including phenoxy) is 5. The molecule has 2 aliphatic rings. The van der Waals surface area contributed by atoms with Gasteiger partial charge in [-0.3, -0.25) is 4.90 Å². The van der Waals surface area contributed by atoms with Crippen LogP contribution in [-0.2, 0) is 35.1 Å². The van der Waals surface area contributed by atoms with Crippen LogP contribution in [0.4, 0.5) is 4.79 Å². The van der Waals surface area contributed by atoms with Gasteiger partial charge in [-0.2, -0.15) is 0 Å². The SMILES string of the molecule is COC(=O)[C@@H]1[C@H]2OC(CCCOCc3ccccc3)O[C@H]2CN1C(=O)OC(C)(C)C. The van der Waals surface area contributed by atoms with E-state index in [2.05, 4.69) is 0 Å². The lowest BCUT2D eigenvalue weighted by atomic mass is 10.1. The molecule has 2 saturated heterocycles. The fourth-order valence-corrected chi connectivity index (χ4v) is 3.62. The Morgan fingerprint density at radius 1 is 1.17 bits per heavy atom. The van der Waals surface area contributed by atoms with Crippen molar-refractivity contribution in [2.24, 2.45) is 0 Å². The maximum absolute atomic E-state index is 12.5. The van der Waals surface area contributed by atoms with Gasteiger partial charge >= 0.3 is 12.1 Å². The van der Waals surface area contributed by atoms with Crippen LogP contribution in [-0.4, -0.2) is 67.4 Å². The largest absolute Gasteiger partial charge is 0.467 e. The number of amides is 1. The summed E-state index contributed by atoms with van der Waals surface area (Å²) in [6.45, 7) is 6.69. The fourth-order valence-electron chi connectivity index (χ4n) is 3.62. The molecule has 1 amide bonds. The maximum Gasteiger partial charge on any atom is 0.411 e. The van der Waals surface area contributed by atoms with Crippen LogP contribution in [0.3, 0.4) is 0 Å². The molecule has 0 spiro atoms. The summed E-state index contributed by atoms with van der Waals surface area (Å²) in [5.41, 5.74) is 0.461. The summed E-state index contributed by atoms with van der Waals surface area (Å²) in [6.07, 6.45) is -0.576. The Morgan fingerprint density at radius 3 is 2.57 bits per heavy atom. The van der Waals surface area contributed by atoms with E-state index in [4.69, 9.17) is 23.7 Å². The number of carbonyl (C=O) groups is 2. The molecule has 2 fully saturated rings. The maximum atomic E-state index is 12.5. The summed E-state index contributed by atoms with van der Waals surface area (Å²) in [7, 11) is 1.29. The van der Waals surface area contributed by atoms with Crippen LogP contribution in [0.2, 0.25) is 0 Å². The monoisotopic (exact) mass is 421 g/mol. The number of likely N-dealkylation sites (tertiary alicyclic amines) is 1. The van der Waals surface area contributed by atoms with Gasteiger partial charge in [-0.25, -0.2) is 9.59 Å². The summed E-state index contributed by atoms with van der Waals surface area (Å²) in [4.78, 5) is 26.2. The average Bonchev–Trinajstić information content (AvgIpc) is 3.24. The Balaban J connectivity index is 1.48. The van der Waals surface area contributed by atoms with E-state index in [0.29, 0.717) is 19.6 Å². The van der Waals surface area contributed by atoms with Gasteiger partial charge in [-0.1, -0.05) is 30.3 Å². The second-order valence-electron chi connectivity index (χ2n) is 8.49. The van der Waals surface area contributed by atoms with Crippen LogP contribution in [0.5, 0.6) is 0 Å². The highest BCUT2D eigenvalue weighted by Crippen LogP contribution is 2.34. The summed E-state index contributed by atoms with van der Waals surface area (Å²) in [5.74, 6) is -0.538. The van der Waals surface area contributed by atoms with E-state index in [1.165, 1.54) is 12.0 Å². The number of hydrogen-bond acceptors (Lipinski definition) is 7. The molecule has 30 heavy (non-hydrogen) atoms. The normalized spacial score (nSPS) is 25.8. The first-order valence-corrected chi connectivity index (χ1v) is 10.3. The van der Waals surface area contributed by atoms with Crippen molar-refractivity contribution in [2.45, 2.75) is 70.4 Å². The minimum atomic E-state index is -0.880. The molecule has 4 atom stereocenters. The van der Waals surface area contributed by atoms with Crippen LogP contribution in [0.25, 0.3) is 0 Å². The fraction of sp³-hybridized carbons (Fsp3) is 0.636. The molecule has 0 aliphatic carbocycles. The van der Waals surface area contributed by atoms with Crippen molar-refractivity contribution in [1.82, 2.24) is 4.90 Å². The Kier molecular flexibility index (Phi) is 7.33. The minimum absolute atomic E-state index is 0.223. The smallest absolute Gasteiger partial charge is 0.411 e. The summed E-state index contributed by atoms with van der Waals surface area (Å²) in [6, 6.07) is 9.10. The third-order valence-corrected chi connectivity index (χ3v) is 4.94. The van der Waals surface area contributed by atoms with Gasteiger partial charge < -0.3 is 23.7 Å². The first-order chi connectivity index (χ1) is 14.3. The summed E-state index contributed by atoms with van der Waals surface area (Å²) >= 11 is 0. The number of rotatable bonds is 7. The Hall–Kier alpha value is -2.16. The van der Waals surface area contributed by atoms with Crippen LogP contribution in [0.15, 0.2) is 30.3 Å². The number of fused-ring (bicyclic) bond motifs is 1. The lowest BCUT2D eigenvalue weighted by Crippen LogP contribution is -2.48. The molecule has 0 aromatic heterocycles. The molecule has 0 N–H and O–H groups in total. The highest BCUT2D eigenvalue weighted by atomic mass is 16.7. The van der Waals surface area contributed by atoms with Gasteiger partial charge in [0.25, 0.3) is 0 Å². The van der Waals surface area contributed by atoms with Crippen molar-refractivity contribution in [3.63, 3.8) is 0 Å². The predicted molar refractivity (Wildman–Crippen MR) is 108 cm³/mol. The first-order valence-electron chi connectivity index (χ1n) is 10.3. The molecule has 8 heteroatoms. The highest BCUT2D eigenvalue weighted by molar-refractivity contribution is 5.83. The second kappa shape index (κ2) is 9.76. The van der Waals surface area contributed by atoms with Crippen LogP contribution < -0.4 is 0 Å². The number of nitrogens with zero attached hydrogens (tertiary/aromatic N) is 1. The van der Waals surface area contributed by atoms with Crippen LogP contribution in [0.1, 0.15) is 39.2 Å². The van der Waals surface area contributed by atoms with Gasteiger partial charge in [-0.05, 0) is 32.8 Å². The number of esters is 1. The molecule has 2 aliphatic heterocycles. The minimum Gasteiger partial charge on any atom is -0.467 e. The molecule has 1 unspecified atom stereocenters. The van der Waals surface area contributed by atoms with Crippen molar-refractivity contribution < 1.29 is 33.3 Å². The quantitative estimate of drug-likeness (QED) is 0.494.